The minimum atomic E-state index is -0.105. The average molecular weight is 502 g/mol. The summed E-state index contributed by atoms with van der Waals surface area (Å²) in [7, 11) is 0. The molecule has 0 aromatic heterocycles. The third-order valence-corrected chi connectivity index (χ3v) is 5.89. The molecule has 3 rings (SSSR count). The van der Waals surface area contributed by atoms with Gasteiger partial charge in [-0.3, -0.25) is 19.5 Å². The summed E-state index contributed by atoms with van der Waals surface area (Å²) >= 11 is 0. The van der Waals surface area contributed by atoms with Crippen LogP contribution in [-0.4, -0.2) is 48.9 Å². The molecule has 2 bridgehead atoms. The first kappa shape index (κ1) is 23.2. The number of nitrogens with one attached hydrogen (secondary N) is 2. The molecule has 2 N–H and O–H groups in total. The van der Waals surface area contributed by atoms with E-state index in [4.69, 9.17) is 0 Å². The smallest absolute Gasteiger partial charge is 0.233 e. The number of amides is 2. The minimum absolute atomic E-state index is 0. The molecule has 2 aliphatic carbocycles. The van der Waals surface area contributed by atoms with Crippen LogP contribution in [0.1, 0.15) is 47.0 Å². The fourth-order valence-electron chi connectivity index (χ4n) is 4.61. The van der Waals surface area contributed by atoms with Gasteiger partial charge in [0.05, 0.1) is 11.8 Å². The highest BCUT2D eigenvalue weighted by molar-refractivity contribution is 14.0. The summed E-state index contributed by atoms with van der Waals surface area (Å²) in [4.78, 5) is 31.5. The van der Waals surface area contributed by atoms with Crippen molar-refractivity contribution in [2.24, 2.45) is 34.1 Å². The van der Waals surface area contributed by atoms with Crippen LogP contribution in [0, 0.1) is 29.1 Å². The van der Waals surface area contributed by atoms with Gasteiger partial charge in [-0.15, -0.1) is 24.0 Å². The maximum absolute atomic E-state index is 12.7. The predicted octanol–water partition coefficient (Wildman–Crippen LogP) is 2.79. The summed E-state index contributed by atoms with van der Waals surface area (Å²) < 4.78 is 0. The largest absolute Gasteiger partial charge is 0.357 e. The lowest BCUT2D eigenvalue weighted by Crippen LogP contribution is -2.43. The van der Waals surface area contributed by atoms with Crippen LogP contribution in [0.4, 0.5) is 0 Å². The second-order valence-corrected chi connectivity index (χ2v) is 9.18. The fourth-order valence-corrected chi connectivity index (χ4v) is 4.61. The number of fused-ring (bicyclic) bond motifs is 5. The molecular formula is C21H35IN4O2. The lowest BCUT2D eigenvalue weighted by Gasteiger charge is -2.19. The van der Waals surface area contributed by atoms with Crippen molar-refractivity contribution < 1.29 is 9.59 Å². The molecule has 2 amide bonds. The zero-order valence-corrected chi connectivity index (χ0v) is 19.9. The van der Waals surface area contributed by atoms with E-state index in [1.165, 1.54) is 4.90 Å². The number of halogens is 1. The van der Waals surface area contributed by atoms with Crippen molar-refractivity contribution in [2.75, 3.05) is 26.2 Å². The van der Waals surface area contributed by atoms with E-state index in [-0.39, 0.29) is 59.5 Å². The molecule has 2 fully saturated rings. The van der Waals surface area contributed by atoms with Crippen molar-refractivity contribution in [3.8, 4) is 0 Å². The standard InChI is InChI=1S/C21H34N4O2.HI/c1-5-22-20(23-10-6-9-21(2,3)4)24-11-12-25-18(26)16-14-7-8-15(13-14)17(16)19(25)27;/h7-8,14-17H,5-6,9-13H2,1-4H3,(H2,22,23,24);1H. The Balaban J connectivity index is 0.00000280. The molecule has 0 aromatic carbocycles. The lowest BCUT2D eigenvalue weighted by molar-refractivity contribution is -0.140. The van der Waals surface area contributed by atoms with Crippen LogP contribution >= 0.6 is 24.0 Å². The first-order chi connectivity index (χ1) is 12.8. The van der Waals surface area contributed by atoms with Gasteiger partial charge < -0.3 is 10.6 Å². The number of aliphatic imine (C=N–C) groups is 1. The van der Waals surface area contributed by atoms with Crippen molar-refractivity contribution in [1.29, 1.82) is 0 Å². The molecular weight excluding hydrogens is 467 g/mol. The molecule has 1 aliphatic heterocycles. The van der Waals surface area contributed by atoms with E-state index in [2.05, 4.69) is 48.5 Å². The molecule has 7 heteroatoms. The summed E-state index contributed by atoms with van der Waals surface area (Å²) in [6, 6.07) is 0. The molecule has 0 spiro atoms. The molecule has 0 aromatic rings. The maximum atomic E-state index is 12.7. The van der Waals surface area contributed by atoms with Gasteiger partial charge in [0.1, 0.15) is 0 Å². The molecule has 1 saturated carbocycles. The second-order valence-electron chi connectivity index (χ2n) is 9.18. The lowest BCUT2D eigenvalue weighted by atomic mass is 9.85. The van der Waals surface area contributed by atoms with Crippen molar-refractivity contribution in [3.05, 3.63) is 12.2 Å². The van der Waals surface area contributed by atoms with E-state index in [1.54, 1.807) is 0 Å². The van der Waals surface area contributed by atoms with E-state index < -0.39 is 0 Å². The van der Waals surface area contributed by atoms with Gasteiger partial charge in [0.25, 0.3) is 0 Å². The van der Waals surface area contributed by atoms with Crippen LogP contribution in [0.5, 0.6) is 0 Å². The first-order valence-electron chi connectivity index (χ1n) is 10.4. The molecule has 158 valence electrons. The summed E-state index contributed by atoms with van der Waals surface area (Å²) in [5.74, 6) is 1.14. The van der Waals surface area contributed by atoms with Gasteiger partial charge in [0.15, 0.2) is 5.96 Å². The van der Waals surface area contributed by atoms with Gasteiger partial charge in [-0.25, -0.2) is 0 Å². The number of rotatable bonds is 7. The number of imide groups is 1. The Bertz CT molecular complexity index is 611. The highest BCUT2D eigenvalue weighted by Gasteiger charge is 2.58. The topological polar surface area (TPSA) is 73.8 Å². The average Bonchev–Trinajstić information content (AvgIpc) is 3.27. The summed E-state index contributed by atoms with van der Waals surface area (Å²) in [5.41, 5.74) is 0.324. The predicted molar refractivity (Wildman–Crippen MR) is 123 cm³/mol. The van der Waals surface area contributed by atoms with E-state index in [0.717, 1.165) is 38.3 Å². The van der Waals surface area contributed by atoms with Crippen LogP contribution in [0.2, 0.25) is 0 Å². The molecule has 4 unspecified atom stereocenters. The highest BCUT2D eigenvalue weighted by atomic mass is 127. The van der Waals surface area contributed by atoms with Crippen LogP contribution in [0.25, 0.3) is 0 Å². The van der Waals surface area contributed by atoms with Crippen LogP contribution in [-0.2, 0) is 9.59 Å². The third-order valence-electron chi connectivity index (χ3n) is 5.89. The normalized spacial score (nSPS) is 28.6. The van der Waals surface area contributed by atoms with Gasteiger partial charge in [-0.1, -0.05) is 32.9 Å². The van der Waals surface area contributed by atoms with Crippen LogP contribution < -0.4 is 10.6 Å². The van der Waals surface area contributed by atoms with Gasteiger partial charge >= 0.3 is 0 Å². The Hall–Kier alpha value is -1.12. The summed E-state index contributed by atoms with van der Waals surface area (Å²) in [6.45, 7) is 11.2. The number of nitrogens with zero attached hydrogens (tertiary/aromatic N) is 2. The number of hydrogen-bond donors (Lipinski definition) is 2. The molecule has 1 saturated heterocycles. The minimum Gasteiger partial charge on any atom is -0.357 e. The van der Waals surface area contributed by atoms with Crippen LogP contribution in [0.3, 0.4) is 0 Å². The molecule has 6 nitrogen and oxygen atoms in total. The monoisotopic (exact) mass is 502 g/mol. The molecule has 4 atom stereocenters. The highest BCUT2D eigenvalue weighted by Crippen LogP contribution is 2.52. The summed E-state index contributed by atoms with van der Waals surface area (Å²) in [6.07, 6.45) is 7.41. The third kappa shape index (κ3) is 5.07. The zero-order chi connectivity index (χ0) is 19.6. The number of hydrogen-bond acceptors (Lipinski definition) is 3. The number of allylic oxidation sites excluding steroid dienone is 2. The summed E-state index contributed by atoms with van der Waals surface area (Å²) in [5, 5.41) is 6.50. The van der Waals surface area contributed by atoms with Crippen molar-refractivity contribution in [1.82, 2.24) is 15.5 Å². The Morgan fingerprint density at radius 3 is 2.29 bits per heavy atom. The molecule has 3 aliphatic rings. The maximum Gasteiger partial charge on any atom is 0.233 e. The van der Waals surface area contributed by atoms with E-state index in [1.807, 2.05) is 6.92 Å². The molecule has 28 heavy (non-hydrogen) atoms. The quantitative estimate of drug-likeness (QED) is 0.140. The van der Waals surface area contributed by atoms with E-state index >= 15 is 0 Å². The molecule has 0 radical (unpaired) electrons. The first-order valence-corrected chi connectivity index (χ1v) is 10.4. The van der Waals surface area contributed by atoms with Gasteiger partial charge in [-0.05, 0) is 43.4 Å². The van der Waals surface area contributed by atoms with Gasteiger partial charge in [0, 0.05) is 26.2 Å². The van der Waals surface area contributed by atoms with E-state index in [9.17, 15) is 9.59 Å². The van der Waals surface area contributed by atoms with Gasteiger partial charge in [0.2, 0.25) is 11.8 Å². The second kappa shape index (κ2) is 9.59. The van der Waals surface area contributed by atoms with Crippen molar-refractivity contribution in [3.63, 3.8) is 0 Å². The van der Waals surface area contributed by atoms with Crippen LogP contribution in [0.15, 0.2) is 17.1 Å². The number of guanidine groups is 1. The fraction of sp³-hybridized carbons (Fsp3) is 0.762. The Morgan fingerprint density at radius 2 is 1.75 bits per heavy atom. The number of carbonyl (C=O) groups is 2. The van der Waals surface area contributed by atoms with Gasteiger partial charge in [-0.2, -0.15) is 0 Å². The van der Waals surface area contributed by atoms with Crippen molar-refractivity contribution in [2.45, 2.75) is 47.0 Å². The molecule has 1 heterocycles. The van der Waals surface area contributed by atoms with E-state index in [0.29, 0.717) is 18.5 Å². The number of likely N-dealkylation sites (tertiary alicyclic amines) is 1. The number of carbonyl (C=O) groups excluding carboxylic acids is 2. The SMILES string of the molecule is CCNC(=NCCCC(C)(C)C)NCCN1C(=O)C2C3C=CC(C3)C2C1=O.I. The zero-order valence-electron chi connectivity index (χ0n) is 17.5. The Kier molecular flexibility index (Phi) is 7.93. The Labute approximate surface area is 186 Å². The Morgan fingerprint density at radius 1 is 1.14 bits per heavy atom. The van der Waals surface area contributed by atoms with Crippen molar-refractivity contribution >= 4 is 41.8 Å².